The molecule has 1 aromatic heterocycles. The first-order chi connectivity index (χ1) is 7.56. The van der Waals surface area contributed by atoms with E-state index in [9.17, 15) is 0 Å². The lowest BCUT2D eigenvalue weighted by Gasteiger charge is -2.14. The Morgan fingerprint density at radius 2 is 2.06 bits per heavy atom. The molecule has 1 aromatic rings. The summed E-state index contributed by atoms with van der Waals surface area (Å²) in [5.74, 6) is 0.631. The SMILES string of the molecule is CCc1cc(CC(C)CC(C)N)n(CC)n1. The highest BCUT2D eigenvalue weighted by atomic mass is 15.3. The van der Waals surface area contributed by atoms with Gasteiger partial charge in [0.2, 0.25) is 0 Å². The number of aryl methyl sites for hydroxylation is 2. The quantitative estimate of drug-likeness (QED) is 0.804. The molecule has 0 aromatic carbocycles. The van der Waals surface area contributed by atoms with E-state index in [-0.39, 0.29) is 0 Å². The Morgan fingerprint density at radius 3 is 2.56 bits per heavy atom. The predicted octanol–water partition coefficient (Wildman–Crippen LogP) is 2.38. The summed E-state index contributed by atoms with van der Waals surface area (Å²) in [7, 11) is 0. The third-order valence-electron chi connectivity index (χ3n) is 2.91. The van der Waals surface area contributed by atoms with Crippen molar-refractivity contribution >= 4 is 0 Å². The van der Waals surface area contributed by atoms with Crippen LogP contribution in [0, 0.1) is 5.92 Å². The summed E-state index contributed by atoms with van der Waals surface area (Å²) in [5, 5.41) is 4.56. The molecule has 1 heterocycles. The number of hydrogen-bond donors (Lipinski definition) is 1. The number of rotatable bonds is 6. The van der Waals surface area contributed by atoms with Crippen LogP contribution in [0.2, 0.25) is 0 Å². The average Bonchev–Trinajstić information content (AvgIpc) is 2.59. The van der Waals surface area contributed by atoms with E-state index >= 15 is 0 Å². The molecule has 0 aliphatic carbocycles. The van der Waals surface area contributed by atoms with Crippen molar-refractivity contribution in [3.05, 3.63) is 17.5 Å². The van der Waals surface area contributed by atoms with E-state index < -0.39 is 0 Å². The van der Waals surface area contributed by atoms with E-state index in [1.807, 2.05) is 0 Å². The summed E-state index contributed by atoms with van der Waals surface area (Å²) >= 11 is 0. The van der Waals surface area contributed by atoms with Crippen molar-refractivity contribution in [1.82, 2.24) is 9.78 Å². The third-order valence-corrected chi connectivity index (χ3v) is 2.91. The molecule has 0 amide bonds. The first kappa shape index (κ1) is 13.2. The molecule has 3 nitrogen and oxygen atoms in total. The van der Waals surface area contributed by atoms with Crippen molar-refractivity contribution in [2.75, 3.05) is 0 Å². The normalized spacial score (nSPS) is 15.1. The first-order valence-corrected chi connectivity index (χ1v) is 6.37. The summed E-state index contributed by atoms with van der Waals surface area (Å²) in [5.41, 5.74) is 8.38. The van der Waals surface area contributed by atoms with Gasteiger partial charge in [-0.25, -0.2) is 0 Å². The van der Waals surface area contributed by atoms with Crippen molar-refractivity contribution in [1.29, 1.82) is 0 Å². The summed E-state index contributed by atoms with van der Waals surface area (Å²) in [6.45, 7) is 9.59. The van der Waals surface area contributed by atoms with Gasteiger partial charge in [-0.1, -0.05) is 13.8 Å². The molecule has 1 rings (SSSR count). The minimum atomic E-state index is 0.290. The maximum absolute atomic E-state index is 5.83. The number of nitrogens with two attached hydrogens (primary N) is 1. The van der Waals surface area contributed by atoms with Crippen LogP contribution in [0.5, 0.6) is 0 Å². The van der Waals surface area contributed by atoms with Gasteiger partial charge in [0.25, 0.3) is 0 Å². The topological polar surface area (TPSA) is 43.8 Å². The lowest BCUT2D eigenvalue weighted by Crippen LogP contribution is -2.20. The molecule has 0 radical (unpaired) electrons. The fourth-order valence-electron chi connectivity index (χ4n) is 2.20. The van der Waals surface area contributed by atoms with E-state index in [2.05, 4.69) is 43.5 Å². The van der Waals surface area contributed by atoms with Crippen LogP contribution < -0.4 is 5.73 Å². The average molecular weight is 223 g/mol. The zero-order valence-electron chi connectivity index (χ0n) is 11.0. The number of aromatic nitrogens is 2. The second kappa shape index (κ2) is 6.04. The Hall–Kier alpha value is -0.830. The van der Waals surface area contributed by atoms with Crippen molar-refractivity contribution in [2.45, 2.75) is 59.5 Å². The van der Waals surface area contributed by atoms with Crippen molar-refractivity contribution in [3.63, 3.8) is 0 Å². The molecule has 92 valence electrons. The highest BCUT2D eigenvalue weighted by Gasteiger charge is 2.11. The van der Waals surface area contributed by atoms with Crippen LogP contribution in [0.1, 0.15) is 45.5 Å². The molecule has 0 aliphatic rings. The molecule has 0 saturated carbocycles. The van der Waals surface area contributed by atoms with E-state index in [4.69, 9.17) is 5.73 Å². The highest BCUT2D eigenvalue weighted by Crippen LogP contribution is 2.15. The maximum Gasteiger partial charge on any atom is 0.0624 e. The first-order valence-electron chi connectivity index (χ1n) is 6.37. The van der Waals surface area contributed by atoms with Crippen LogP contribution in [0.4, 0.5) is 0 Å². The molecule has 0 saturated heterocycles. The molecule has 0 aliphatic heterocycles. The molecule has 2 N–H and O–H groups in total. The zero-order valence-corrected chi connectivity index (χ0v) is 11.0. The lowest BCUT2D eigenvalue weighted by atomic mass is 9.98. The van der Waals surface area contributed by atoms with Crippen LogP contribution in [-0.2, 0) is 19.4 Å². The zero-order chi connectivity index (χ0) is 12.1. The van der Waals surface area contributed by atoms with Gasteiger partial charge >= 0.3 is 0 Å². The summed E-state index contributed by atoms with van der Waals surface area (Å²) < 4.78 is 2.12. The summed E-state index contributed by atoms with van der Waals surface area (Å²) in [4.78, 5) is 0. The fraction of sp³-hybridized carbons (Fsp3) is 0.769. The molecule has 3 heteroatoms. The molecule has 0 fully saturated rings. The van der Waals surface area contributed by atoms with Crippen LogP contribution in [0.25, 0.3) is 0 Å². The molecule has 2 unspecified atom stereocenters. The summed E-state index contributed by atoms with van der Waals surface area (Å²) in [6, 6.07) is 2.53. The van der Waals surface area contributed by atoms with Crippen LogP contribution in [0.3, 0.4) is 0 Å². The predicted molar refractivity (Wildman–Crippen MR) is 68.4 cm³/mol. The van der Waals surface area contributed by atoms with E-state index in [1.54, 1.807) is 0 Å². The van der Waals surface area contributed by atoms with Crippen molar-refractivity contribution < 1.29 is 0 Å². The Labute approximate surface area is 99.0 Å². The molecule has 16 heavy (non-hydrogen) atoms. The van der Waals surface area contributed by atoms with E-state index in [0.717, 1.165) is 25.8 Å². The van der Waals surface area contributed by atoms with Crippen molar-refractivity contribution in [2.24, 2.45) is 11.7 Å². The van der Waals surface area contributed by atoms with Gasteiger partial charge in [0.05, 0.1) is 5.69 Å². The second-order valence-electron chi connectivity index (χ2n) is 4.82. The Balaban J connectivity index is 2.67. The molecular weight excluding hydrogens is 198 g/mol. The van der Waals surface area contributed by atoms with E-state index in [0.29, 0.717) is 12.0 Å². The maximum atomic E-state index is 5.83. The minimum absolute atomic E-state index is 0.290. The molecule has 0 bridgehead atoms. The Bertz CT molecular complexity index is 315. The van der Waals surface area contributed by atoms with Crippen LogP contribution >= 0.6 is 0 Å². The molecule has 2 atom stereocenters. The van der Waals surface area contributed by atoms with Crippen molar-refractivity contribution in [3.8, 4) is 0 Å². The third kappa shape index (κ3) is 3.63. The highest BCUT2D eigenvalue weighted by molar-refractivity contribution is 5.11. The van der Waals surface area contributed by atoms with Gasteiger partial charge in [-0.2, -0.15) is 5.10 Å². The van der Waals surface area contributed by atoms with Gasteiger partial charge in [-0.3, -0.25) is 4.68 Å². The van der Waals surface area contributed by atoms with Gasteiger partial charge in [-0.15, -0.1) is 0 Å². The number of nitrogens with zero attached hydrogens (tertiary/aromatic N) is 2. The Morgan fingerprint density at radius 1 is 1.38 bits per heavy atom. The smallest absolute Gasteiger partial charge is 0.0624 e. The molecular formula is C13H25N3. The fourth-order valence-corrected chi connectivity index (χ4v) is 2.20. The standard InChI is InChI=1S/C13H25N3/c1-5-12-9-13(16(6-2)15-12)8-10(3)7-11(4)14/h9-11H,5-8,14H2,1-4H3. The largest absolute Gasteiger partial charge is 0.328 e. The van der Waals surface area contributed by atoms with Gasteiger partial charge in [0.1, 0.15) is 0 Å². The Kier molecular flexibility index (Phi) is 5.00. The van der Waals surface area contributed by atoms with Gasteiger partial charge < -0.3 is 5.73 Å². The van der Waals surface area contributed by atoms with Gasteiger partial charge in [0, 0.05) is 18.3 Å². The summed E-state index contributed by atoms with van der Waals surface area (Å²) in [6.07, 6.45) is 3.18. The van der Waals surface area contributed by atoms with Gasteiger partial charge in [-0.05, 0) is 45.1 Å². The van der Waals surface area contributed by atoms with Crippen LogP contribution in [0.15, 0.2) is 6.07 Å². The van der Waals surface area contributed by atoms with Crippen LogP contribution in [-0.4, -0.2) is 15.8 Å². The molecule has 0 spiro atoms. The van der Waals surface area contributed by atoms with Gasteiger partial charge in [0.15, 0.2) is 0 Å². The second-order valence-corrected chi connectivity index (χ2v) is 4.82. The van der Waals surface area contributed by atoms with E-state index in [1.165, 1.54) is 11.4 Å². The monoisotopic (exact) mass is 223 g/mol. The lowest BCUT2D eigenvalue weighted by molar-refractivity contribution is 0.460. The minimum Gasteiger partial charge on any atom is -0.328 e. The number of hydrogen-bond acceptors (Lipinski definition) is 2.